The van der Waals surface area contributed by atoms with Crippen molar-refractivity contribution in [1.29, 1.82) is 0 Å². The van der Waals surface area contributed by atoms with Crippen molar-refractivity contribution in [3.05, 3.63) is 39.4 Å². The largest absolute Gasteiger partial charge is 0.335 e. The predicted molar refractivity (Wildman–Crippen MR) is 104 cm³/mol. The molecule has 9 heteroatoms. The topological polar surface area (TPSA) is 103 Å². The van der Waals surface area contributed by atoms with Gasteiger partial charge in [0.2, 0.25) is 17.7 Å². The van der Waals surface area contributed by atoms with E-state index >= 15 is 0 Å². The SMILES string of the molecule is CCCN(Cc1nc2cc(Cl)ccc2c(=O)[nH]1)C(=O)CCN1C(=O)CCC1=O. The molecule has 0 atom stereocenters. The van der Waals surface area contributed by atoms with E-state index in [-0.39, 0.29) is 55.6 Å². The average Bonchev–Trinajstić information content (AvgIpc) is 2.97. The van der Waals surface area contributed by atoms with Crippen molar-refractivity contribution in [2.75, 3.05) is 13.1 Å². The highest BCUT2D eigenvalue weighted by atomic mass is 35.5. The van der Waals surface area contributed by atoms with E-state index in [0.29, 0.717) is 28.3 Å². The first-order valence-corrected chi connectivity index (χ1v) is 9.56. The van der Waals surface area contributed by atoms with Gasteiger partial charge in [0.05, 0.1) is 17.4 Å². The highest BCUT2D eigenvalue weighted by Gasteiger charge is 2.29. The van der Waals surface area contributed by atoms with Crippen molar-refractivity contribution in [2.24, 2.45) is 0 Å². The average molecular weight is 405 g/mol. The minimum atomic E-state index is -0.297. The number of hydrogen-bond acceptors (Lipinski definition) is 5. The Morgan fingerprint density at radius 2 is 1.96 bits per heavy atom. The summed E-state index contributed by atoms with van der Waals surface area (Å²) in [4.78, 5) is 58.1. The summed E-state index contributed by atoms with van der Waals surface area (Å²) in [6, 6.07) is 4.83. The van der Waals surface area contributed by atoms with Crippen LogP contribution in [-0.4, -0.2) is 50.6 Å². The van der Waals surface area contributed by atoms with Gasteiger partial charge < -0.3 is 9.88 Å². The Hall–Kier alpha value is -2.74. The summed E-state index contributed by atoms with van der Waals surface area (Å²) in [7, 11) is 0. The molecule has 148 valence electrons. The molecule has 8 nitrogen and oxygen atoms in total. The molecular weight excluding hydrogens is 384 g/mol. The lowest BCUT2D eigenvalue weighted by molar-refractivity contribution is -0.139. The number of rotatable bonds is 7. The molecule has 1 aliphatic rings. The first-order chi connectivity index (χ1) is 13.4. The third kappa shape index (κ3) is 4.39. The smallest absolute Gasteiger partial charge is 0.258 e. The van der Waals surface area contributed by atoms with Crippen LogP contribution in [0.1, 0.15) is 38.4 Å². The van der Waals surface area contributed by atoms with Crippen LogP contribution in [0.5, 0.6) is 0 Å². The van der Waals surface area contributed by atoms with Crippen LogP contribution in [0.15, 0.2) is 23.0 Å². The molecule has 1 aromatic heterocycles. The van der Waals surface area contributed by atoms with E-state index in [9.17, 15) is 19.2 Å². The van der Waals surface area contributed by atoms with Crippen LogP contribution in [0.3, 0.4) is 0 Å². The Morgan fingerprint density at radius 1 is 1.25 bits per heavy atom. The standard InChI is InChI=1S/C19H21ClN4O4/c1-2-8-23(16(25)7-9-24-17(26)5-6-18(24)27)11-15-21-14-10-12(20)3-4-13(14)19(28)22-15/h3-4,10H,2,5-9,11H2,1H3,(H,21,22,28). The number of carbonyl (C=O) groups excluding carboxylic acids is 3. The van der Waals surface area contributed by atoms with E-state index < -0.39 is 0 Å². The summed E-state index contributed by atoms with van der Waals surface area (Å²) in [5.74, 6) is -0.326. The number of nitrogens with one attached hydrogen (secondary N) is 1. The van der Waals surface area contributed by atoms with Gasteiger partial charge in [-0.3, -0.25) is 24.1 Å². The zero-order valence-corrected chi connectivity index (χ0v) is 16.3. The molecule has 1 saturated heterocycles. The van der Waals surface area contributed by atoms with Crippen LogP contribution in [0, 0.1) is 0 Å². The van der Waals surface area contributed by atoms with Crippen molar-refractivity contribution in [2.45, 2.75) is 39.2 Å². The lowest BCUT2D eigenvalue weighted by Gasteiger charge is -2.23. The Morgan fingerprint density at radius 3 is 2.64 bits per heavy atom. The molecule has 0 aliphatic carbocycles. The van der Waals surface area contributed by atoms with E-state index in [1.807, 2.05) is 6.92 Å². The molecule has 0 bridgehead atoms. The number of aromatic nitrogens is 2. The molecule has 0 radical (unpaired) electrons. The molecule has 1 aromatic carbocycles. The zero-order valence-electron chi connectivity index (χ0n) is 15.5. The number of nitrogens with zero attached hydrogens (tertiary/aromatic N) is 3. The Balaban J connectivity index is 1.74. The molecule has 0 unspecified atom stereocenters. The normalized spacial score (nSPS) is 14.1. The monoisotopic (exact) mass is 404 g/mol. The summed E-state index contributed by atoms with van der Waals surface area (Å²) in [5.41, 5.74) is 0.164. The first kappa shape index (κ1) is 20.0. The van der Waals surface area contributed by atoms with Gasteiger partial charge >= 0.3 is 0 Å². The number of carbonyl (C=O) groups is 3. The molecule has 3 rings (SSSR count). The molecule has 1 aliphatic heterocycles. The van der Waals surface area contributed by atoms with Gasteiger partial charge in [-0.1, -0.05) is 18.5 Å². The Bertz CT molecular complexity index is 972. The second-order valence-corrected chi connectivity index (χ2v) is 7.11. The minimum absolute atomic E-state index is 0.0428. The van der Waals surface area contributed by atoms with Gasteiger partial charge in [0, 0.05) is 37.4 Å². The summed E-state index contributed by atoms with van der Waals surface area (Å²) < 4.78 is 0. The molecule has 1 fully saturated rings. The second kappa shape index (κ2) is 8.52. The number of H-pyrrole nitrogens is 1. The number of aromatic amines is 1. The van der Waals surface area contributed by atoms with Gasteiger partial charge in [-0.25, -0.2) is 4.98 Å². The fraction of sp³-hybridized carbons (Fsp3) is 0.421. The van der Waals surface area contributed by atoms with Gasteiger partial charge in [-0.2, -0.15) is 0 Å². The van der Waals surface area contributed by atoms with Gasteiger partial charge in [0.15, 0.2) is 0 Å². The third-order valence-electron chi connectivity index (χ3n) is 4.61. The van der Waals surface area contributed by atoms with Gasteiger partial charge in [0.1, 0.15) is 5.82 Å². The molecule has 0 saturated carbocycles. The molecule has 2 heterocycles. The summed E-state index contributed by atoms with van der Waals surface area (Å²) in [6.45, 7) is 2.61. The third-order valence-corrected chi connectivity index (χ3v) is 4.84. The zero-order chi connectivity index (χ0) is 20.3. The van der Waals surface area contributed by atoms with Crippen molar-refractivity contribution in [1.82, 2.24) is 19.8 Å². The number of halogens is 1. The lowest BCUT2D eigenvalue weighted by atomic mass is 10.2. The van der Waals surface area contributed by atoms with Crippen LogP contribution in [0.2, 0.25) is 5.02 Å². The fourth-order valence-corrected chi connectivity index (χ4v) is 3.38. The maximum atomic E-state index is 12.6. The van der Waals surface area contributed by atoms with Crippen molar-refractivity contribution < 1.29 is 14.4 Å². The maximum Gasteiger partial charge on any atom is 0.258 e. The van der Waals surface area contributed by atoms with Crippen molar-refractivity contribution in [3.63, 3.8) is 0 Å². The van der Waals surface area contributed by atoms with Crippen molar-refractivity contribution >= 4 is 40.2 Å². The molecule has 2 aromatic rings. The summed E-state index contributed by atoms with van der Waals surface area (Å²) in [5, 5.41) is 0.894. The number of hydrogen-bond donors (Lipinski definition) is 1. The fourth-order valence-electron chi connectivity index (χ4n) is 3.22. The van der Waals surface area contributed by atoms with Crippen LogP contribution >= 0.6 is 11.6 Å². The Labute approximate surface area is 166 Å². The van der Waals surface area contributed by atoms with Crippen LogP contribution < -0.4 is 5.56 Å². The van der Waals surface area contributed by atoms with E-state index in [1.54, 1.807) is 23.1 Å². The predicted octanol–water partition coefficient (Wildman–Crippen LogP) is 1.85. The first-order valence-electron chi connectivity index (χ1n) is 9.18. The van der Waals surface area contributed by atoms with Crippen LogP contribution in [0.4, 0.5) is 0 Å². The number of benzene rings is 1. The maximum absolute atomic E-state index is 12.6. The van der Waals surface area contributed by atoms with Gasteiger partial charge in [-0.15, -0.1) is 0 Å². The molecule has 28 heavy (non-hydrogen) atoms. The number of fused-ring (bicyclic) bond motifs is 1. The summed E-state index contributed by atoms with van der Waals surface area (Å²) >= 11 is 5.98. The quantitative estimate of drug-likeness (QED) is 0.709. The number of imide groups is 1. The van der Waals surface area contributed by atoms with E-state index in [0.717, 1.165) is 11.3 Å². The number of likely N-dealkylation sites (tertiary alicyclic amines) is 1. The van der Waals surface area contributed by atoms with Gasteiger partial charge in [0.25, 0.3) is 5.56 Å². The molecule has 1 N–H and O–H groups in total. The van der Waals surface area contributed by atoms with E-state index in [1.165, 1.54) is 0 Å². The van der Waals surface area contributed by atoms with E-state index in [4.69, 9.17) is 11.6 Å². The molecule has 0 spiro atoms. The van der Waals surface area contributed by atoms with Crippen LogP contribution in [-0.2, 0) is 20.9 Å². The molecular formula is C19H21ClN4O4. The lowest BCUT2D eigenvalue weighted by Crippen LogP contribution is -2.37. The van der Waals surface area contributed by atoms with E-state index in [2.05, 4.69) is 9.97 Å². The highest BCUT2D eigenvalue weighted by molar-refractivity contribution is 6.31. The van der Waals surface area contributed by atoms with Crippen molar-refractivity contribution in [3.8, 4) is 0 Å². The van der Waals surface area contributed by atoms with Gasteiger partial charge in [-0.05, 0) is 24.6 Å². The van der Waals surface area contributed by atoms with Crippen LogP contribution in [0.25, 0.3) is 10.9 Å². The second-order valence-electron chi connectivity index (χ2n) is 6.68. The highest BCUT2D eigenvalue weighted by Crippen LogP contribution is 2.16. The summed E-state index contributed by atoms with van der Waals surface area (Å²) in [6.07, 6.45) is 1.17. The minimum Gasteiger partial charge on any atom is -0.335 e. The molecule has 3 amide bonds. The number of amides is 3. The Kier molecular flexibility index (Phi) is 6.08.